The highest BCUT2D eigenvalue weighted by Crippen LogP contribution is 2.24. The van der Waals surface area contributed by atoms with Gasteiger partial charge >= 0.3 is 0 Å². The van der Waals surface area contributed by atoms with E-state index in [9.17, 15) is 12.8 Å². The molecule has 1 aromatic rings. The predicted octanol–water partition coefficient (Wildman–Crippen LogP) is 2.19. The lowest BCUT2D eigenvalue weighted by Crippen LogP contribution is -2.11. The molecular weight excluding hydrogens is 255 g/mol. The summed E-state index contributed by atoms with van der Waals surface area (Å²) in [5.41, 5.74) is 0.0444. The van der Waals surface area contributed by atoms with Crippen LogP contribution in [-0.4, -0.2) is 24.6 Å². The molecule has 4 nitrogen and oxygen atoms in total. The third-order valence-electron chi connectivity index (χ3n) is 2.23. The molecule has 1 rings (SSSR count). The van der Waals surface area contributed by atoms with Crippen molar-refractivity contribution >= 4 is 21.4 Å². The number of sulfone groups is 1. The van der Waals surface area contributed by atoms with Gasteiger partial charge in [0.05, 0.1) is 5.69 Å². The van der Waals surface area contributed by atoms with Gasteiger partial charge in [-0.2, -0.15) is 0 Å². The zero-order valence-electron chi connectivity index (χ0n) is 9.16. The summed E-state index contributed by atoms with van der Waals surface area (Å²) in [5.74, 6) is -0.954. The van der Waals surface area contributed by atoms with E-state index in [1.165, 1.54) is 0 Å². The Bertz CT molecular complexity index is 504. The second kappa shape index (κ2) is 4.63. The van der Waals surface area contributed by atoms with Crippen molar-refractivity contribution < 1.29 is 12.8 Å². The van der Waals surface area contributed by atoms with E-state index in [4.69, 9.17) is 11.6 Å². The second-order valence-corrected chi connectivity index (χ2v) is 5.85. The van der Waals surface area contributed by atoms with Crippen LogP contribution < -0.4 is 0 Å². The molecule has 0 aliphatic carbocycles. The lowest BCUT2D eigenvalue weighted by atomic mass is 10.1. The van der Waals surface area contributed by atoms with Crippen LogP contribution in [0.15, 0.2) is 5.16 Å². The van der Waals surface area contributed by atoms with Gasteiger partial charge in [0.1, 0.15) is 0 Å². The van der Waals surface area contributed by atoms with Gasteiger partial charge in [0.2, 0.25) is 15.0 Å². The van der Waals surface area contributed by atoms with Crippen LogP contribution >= 0.6 is 11.6 Å². The van der Waals surface area contributed by atoms with E-state index < -0.39 is 26.0 Å². The normalized spacial score (nSPS) is 13.8. The molecule has 0 aliphatic rings. The maximum Gasteiger partial charge on any atom is 0.248 e. The molecule has 0 saturated heterocycles. The zero-order valence-corrected chi connectivity index (χ0v) is 10.7. The Morgan fingerprint density at radius 1 is 1.44 bits per heavy atom. The molecule has 0 amide bonds. The van der Waals surface area contributed by atoms with Gasteiger partial charge in [-0.15, -0.1) is 0 Å². The zero-order chi connectivity index (χ0) is 12.5. The lowest BCUT2D eigenvalue weighted by molar-refractivity contribution is 0.541. The quantitative estimate of drug-likeness (QED) is 0.621. The van der Waals surface area contributed by atoms with Crippen LogP contribution in [0.25, 0.3) is 0 Å². The van der Waals surface area contributed by atoms with Crippen LogP contribution in [0.5, 0.6) is 0 Å². The smallest absolute Gasteiger partial charge is 0.221 e. The average molecular weight is 267 g/mol. The van der Waals surface area contributed by atoms with E-state index >= 15 is 0 Å². The molecule has 1 unspecified atom stereocenters. The molecule has 90 valence electrons. The molecule has 0 spiro atoms. The highest BCUT2D eigenvalue weighted by Gasteiger charge is 2.21. The first-order valence-electron chi connectivity index (χ1n) is 4.70. The van der Waals surface area contributed by atoms with Crippen molar-refractivity contribution in [2.75, 3.05) is 6.26 Å². The number of halogens is 2. The topological polar surface area (TPSA) is 59.9 Å². The second-order valence-electron chi connectivity index (χ2n) is 3.58. The molecule has 7 heteroatoms. The van der Waals surface area contributed by atoms with Gasteiger partial charge in [-0.25, -0.2) is 22.8 Å². The van der Waals surface area contributed by atoms with Crippen LogP contribution in [0, 0.1) is 5.82 Å². The van der Waals surface area contributed by atoms with E-state index in [0.29, 0.717) is 6.42 Å². The predicted molar refractivity (Wildman–Crippen MR) is 58.8 cm³/mol. The van der Waals surface area contributed by atoms with E-state index in [-0.39, 0.29) is 11.6 Å². The molecule has 16 heavy (non-hydrogen) atoms. The molecule has 0 saturated carbocycles. The Morgan fingerprint density at radius 3 is 2.44 bits per heavy atom. The van der Waals surface area contributed by atoms with Crippen molar-refractivity contribution in [3.05, 3.63) is 16.7 Å². The molecule has 0 radical (unpaired) electrons. The first-order chi connectivity index (χ1) is 7.27. The number of hydrogen-bond acceptors (Lipinski definition) is 4. The minimum atomic E-state index is -3.58. The Hall–Kier alpha value is -0.750. The maximum absolute atomic E-state index is 13.6. The van der Waals surface area contributed by atoms with Gasteiger partial charge in [-0.1, -0.05) is 25.4 Å². The minimum Gasteiger partial charge on any atom is -0.221 e. The highest BCUT2D eigenvalue weighted by atomic mass is 35.5. The maximum atomic E-state index is 13.6. The third kappa shape index (κ3) is 2.68. The number of nitrogens with zero attached hydrogens (tertiary/aromatic N) is 2. The summed E-state index contributed by atoms with van der Waals surface area (Å²) in [4.78, 5) is 7.13. The first kappa shape index (κ1) is 13.3. The van der Waals surface area contributed by atoms with Crippen LogP contribution in [0.4, 0.5) is 4.39 Å². The monoisotopic (exact) mass is 266 g/mol. The fourth-order valence-corrected chi connectivity index (χ4v) is 1.85. The van der Waals surface area contributed by atoms with Gasteiger partial charge in [0, 0.05) is 12.2 Å². The van der Waals surface area contributed by atoms with Crippen molar-refractivity contribution in [3.8, 4) is 0 Å². The Kier molecular flexibility index (Phi) is 3.85. The van der Waals surface area contributed by atoms with E-state index in [0.717, 1.165) is 6.26 Å². The van der Waals surface area contributed by atoms with Crippen molar-refractivity contribution in [1.82, 2.24) is 9.97 Å². The Balaban J connectivity index is 3.45. The summed E-state index contributed by atoms with van der Waals surface area (Å²) < 4.78 is 36.1. The fourth-order valence-electron chi connectivity index (χ4n) is 1.10. The molecule has 0 aromatic carbocycles. The standard InChI is InChI=1S/C9H12ClFN2O2S/c1-4-5(2)7-6(11)8(10)13-9(12-7)16(3,14)15/h5H,4H2,1-3H3. The van der Waals surface area contributed by atoms with Crippen molar-refractivity contribution in [3.63, 3.8) is 0 Å². The van der Waals surface area contributed by atoms with Gasteiger partial charge in [-0.05, 0) is 6.42 Å². The average Bonchev–Trinajstić information content (AvgIpc) is 2.19. The van der Waals surface area contributed by atoms with Gasteiger partial charge in [0.15, 0.2) is 11.0 Å². The molecular formula is C9H12ClFN2O2S. The van der Waals surface area contributed by atoms with E-state index in [1.807, 2.05) is 6.92 Å². The summed E-state index contributed by atoms with van der Waals surface area (Å²) in [6.07, 6.45) is 1.59. The van der Waals surface area contributed by atoms with Crippen LogP contribution in [0.2, 0.25) is 5.15 Å². The van der Waals surface area contributed by atoms with Gasteiger partial charge in [-0.3, -0.25) is 0 Å². The Morgan fingerprint density at radius 2 is 2.00 bits per heavy atom. The van der Waals surface area contributed by atoms with Crippen LogP contribution in [0.1, 0.15) is 31.9 Å². The number of hydrogen-bond donors (Lipinski definition) is 0. The molecule has 0 aliphatic heterocycles. The SMILES string of the molecule is CCC(C)c1nc(S(C)(=O)=O)nc(Cl)c1F. The summed E-state index contributed by atoms with van der Waals surface area (Å²) >= 11 is 5.54. The summed E-state index contributed by atoms with van der Waals surface area (Å²) in [6.45, 7) is 3.59. The summed E-state index contributed by atoms with van der Waals surface area (Å²) in [6, 6.07) is 0. The van der Waals surface area contributed by atoms with Gasteiger partial charge < -0.3 is 0 Å². The molecule has 1 atom stereocenters. The molecule has 0 N–H and O–H groups in total. The van der Waals surface area contributed by atoms with Crippen LogP contribution in [-0.2, 0) is 9.84 Å². The minimum absolute atomic E-state index is 0.0444. The van der Waals surface area contributed by atoms with Gasteiger partial charge in [0.25, 0.3) is 0 Å². The van der Waals surface area contributed by atoms with Crippen LogP contribution in [0.3, 0.4) is 0 Å². The van der Waals surface area contributed by atoms with Crippen molar-refractivity contribution in [2.24, 2.45) is 0 Å². The molecule has 0 fully saturated rings. The van der Waals surface area contributed by atoms with Crippen molar-refractivity contribution in [1.29, 1.82) is 0 Å². The Labute approximate surface area is 98.8 Å². The summed E-state index contributed by atoms with van der Waals surface area (Å²) in [5, 5.41) is -0.889. The number of aromatic nitrogens is 2. The van der Waals surface area contributed by atoms with E-state index in [2.05, 4.69) is 9.97 Å². The molecule has 1 heterocycles. The van der Waals surface area contributed by atoms with E-state index in [1.54, 1.807) is 6.92 Å². The van der Waals surface area contributed by atoms with Crippen molar-refractivity contribution in [2.45, 2.75) is 31.3 Å². The highest BCUT2D eigenvalue weighted by molar-refractivity contribution is 7.90. The lowest BCUT2D eigenvalue weighted by Gasteiger charge is -2.10. The number of rotatable bonds is 3. The largest absolute Gasteiger partial charge is 0.248 e. The molecule has 0 bridgehead atoms. The summed E-state index contributed by atoms with van der Waals surface area (Å²) in [7, 11) is -3.58. The third-order valence-corrected chi connectivity index (χ3v) is 3.32. The first-order valence-corrected chi connectivity index (χ1v) is 6.97. The fraction of sp³-hybridized carbons (Fsp3) is 0.556. The molecule has 1 aromatic heterocycles.